The van der Waals surface area contributed by atoms with Gasteiger partial charge in [-0.15, -0.1) is 0 Å². The molecule has 1 atom stereocenters. The van der Waals surface area contributed by atoms with E-state index in [2.05, 4.69) is 5.32 Å². The molecule has 1 N–H and O–H groups in total. The first-order valence-corrected chi connectivity index (χ1v) is 8.06. The molecular formula is C15H23NO3S. The fourth-order valence-corrected chi connectivity index (χ4v) is 2.43. The largest absolute Gasteiger partial charge is 0.494 e. The van der Waals surface area contributed by atoms with Gasteiger partial charge in [0.05, 0.1) is 6.61 Å². The lowest BCUT2D eigenvalue weighted by atomic mass is 10.2. The summed E-state index contributed by atoms with van der Waals surface area (Å²) >= 11 is 0. The Bertz CT molecular complexity index is 463. The molecule has 1 amide bonds. The van der Waals surface area contributed by atoms with E-state index in [0.29, 0.717) is 24.5 Å². The summed E-state index contributed by atoms with van der Waals surface area (Å²) in [7, 11) is -0.951. The van der Waals surface area contributed by atoms with E-state index in [1.807, 2.05) is 27.7 Å². The SMILES string of the molecule is CCOc1ccc(C(=O)NCC[S@@](=O)C(C)(C)C)cc1. The molecule has 0 aromatic heterocycles. The molecule has 4 nitrogen and oxygen atoms in total. The van der Waals surface area contributed by atoms with Crippen LogP contribution in [0.15, 0.2) is 24.3 Å². The molecule has 1 rings (SSSR count). The third-order valence-corrected chi connectivity index (χ3v) is 4.62. The summed E-state index contributed by atoms with van der Waals surface area (Å²) in [5.74, 6) is 1.06. The van der Waals surface area contributed by atoms with Gasteiger partial charge in [0.2, 0.25) is 0 Å². The van der Waals surface area contributed by atoms with Gasteiger partial charge in [0, 0.05) is 33.4 Å². The third kappa shape index (κ3) is 5.33. The summed E-state index contributed by atoms with van der Waals surface area (Å²) in [6.45, 7) is 8.71. The number of ether oxygens (including phenoxy) is 1. The Morgan fingerprint density at radius 1 is 1.25 bits per heavy atom. The summed E-state index contributed by atoms with van der Waals surface area (Å²) in [6.07, 6.45) is 0. The van der Waals surface area contributed by atoms with Crippen molar-refractivity contribution < 1.29 is 13.7 Å². The van der Waals surface area contributed by atoms with Crippen LogP contribution >= 0.6 is 0 Å². The van der Waals surface area contributed by atoms with Gasteiger partial charge < -0.3 is 10.1 Å². The topological polar surface area (TPSA) is 55.4 Å². The molecule has 0 unspecified atom stereocenters. The van der Waals surface area contributed by atoms with Crippen LogP contribution in [0, 0.1) is 0 Å². The van der Waals surface area contributed by atoms with Gasteiger partial charge in [-0.2, -0.15) is 0 Å². The predicted molar refractivity (Wildman–Crippen MR) is 82.7 cm³/mol. The molecule has 0 saturated carbocycles. The van der Waals surface area contributed by atoms with E-state index in [0.717, 1.165) is 5.75 Å². The van der Waals surface area contributed by atoms with Crippen molar-refractivity contribution >= 4 is 16.7 Å². The van der Waals surface area contributed by atoms with Crippen molar-refractivity contribution in [3.63, 3.8) is 0 Å². The number of nitrogens with one attached hydrogen (secondary N) is 1. The second-order valence-corrected chi connectivity index (χ2v) is 7.70. The van der Waals surface area contributed by atoms with Crippen LogP contribution in [0.2, 0.25) is 0 Å². The van der Waals surface area contributed by atoms with Crippen LogP contribution in [-0.4, -0.2) is 33.8 Å². The minimum atomic E-state index is -0.951. The van der Waals surface area contributed by atoms with E-state index >= 15 is 0 Å². The predicted octanol–water partition coefficient (Wildman–Crippen LogP) is 2.36. The van der Waals surface area contributed by atoms with Gasteiger partial charge >= 0.3 is 0 Å². The van der Waals surface area contributed by atoms with Crippen LogP contribution in [0.5, 0.6) is 5.75 Å². The number of benzene rings is 1. The molecule has 5 heteroatoms. The van der Waals surface area contributed by atoms with Gasteiger partial charge in [0.25, 0.3) is 5.91 Å². The normalized spacial score (nSPS) is 12.8. The lowest BCUT2D eigenvalue weighted by molar-refractivity contribution is 0.0956. The van der Waals surface area contributed by atoms with Crippen LogP contribution in [0.4, 0.5) is 0 Å². The maximum absolute atomic E-state index is 11.9. The van der Waals surface area contributed by atoms with E-state index in [1.165, 1.54) is 0 Å². The van der Waals surface area contributed by atoms with Gasteiger partial charge in [-0.25, -0.2) is 0 Å². The number of rotatable bonds is 6. The second-order valence-electron chi connectivity index (χ2n) is 5.38. The number of carbonyl (C=O) groups is 1. The summed E-state index contributed by atoms with van der Waals surface area (Å²) in [5.41, 5.74) is 0.579. The Morgan fingerprint density at radius 3 is 2.35 bits per heavy atom. The van der Waals surface area contributed by atoms with E-state index in [9.17, 15) is 9.00 Å². The summed E-state index contributed by atoms with van der Waals surface area (Å²) in [4.78, 5) is 11.9. The standard InChI is InChI=1S/C15H23NO3S/c1-5-19-13-8-6-12(7-9-13)14(17)16-10-11-20(18)15(2,3)4/h6-9H,5,10-11H2,1-4H3,(H,16,17)/t20-/m1/s1. The Hall–Kier alpha value is -1.36. The molecule has 0 radical (unpaired) electrons. The maximum Gasteiger partial charge on any atom is 0.251 e. The molecule has 0 saturated heterocycles. The molecule has 112 valence electrons. The fourth-order valence-electron chi connectivity index (χ4n) is 1.53. The van der Waals surface area contributed by atoms with E-state index in [-0.39, 0.29) is 10.7 Å². The Morgan fingerprint density at radius 2 is 1.85 bits per heavy atom. The lowest BCUT2D eigenvalue weighted by Gasteiger charge is -2.17. The van der Waals surface area contributed by atoms with Gasteiger partial charge in [-0.05, 0) is 52.0 Å². The second kappa shape index (κ2) is 7.43. The molecule has 0 aliphatic carbocycles. The average molecular weight is 297 g/mol. The van der Waals surface area contributed by atoms with Crippen molar-refractivity contribution in [1.82, 2.24) is 5.32 Å². The van der Waals surface area contributed by atoms with Crippen molar-refractivity contribution in [2.75, 3.05) is 18.9 Å². The van der Waals surface area contributed by atoms with Crippen molar-refractivity contribution in [1.29, 1.82) is 0 Å². The molecule has 0 heterocycles. The van der Waals surface area contributed by atoms with Crippen molar-refractivity contribution in [3.05, 3.63) is 29.8 Å². The van der Waals surface area contributed by atoms with Gasteiger partial charge in [0.15, 0.2) is 0 Å². The maximum atomic E-state index is 11.9. The summed E-state index contributed by atoms with van der Waals surface area (Å²) in [6, 6.07) is 6.99. The van der Waals surface area contributed by atoms with Crippen LogP contribution in [0.3, 0.4) is 0 Å². The first-order valence-electron chi connectivity index (χ1n) is 6.74. The minimum Gasteiger partial charge on any atom is -0.494 e. The average Bonchev–Trinajstić information content (AvgIpc) is 2.38. The van der Waals surface area contributed by atoms with Crippen molar-refractivity contribution in [2.24, 2.45) is 0 Å². The van der Waals surface area contributed by atoms with Crippen molar-refractivity contribution in [3.8, 4) is 5.75 Å². The Balaban J connectivity index is 2.45. The van der Waals surface area contributed by atoms with E-state index < -0.39 is 10.8 Å². The van der Waals surface area contributed by atoms with Gasteiger partial charge in [-0.3, -0.25) is 9.00 Å². The van der Waals surface area contributed by atoms with Crippen molar-refractivity contribution in [2.45, 2.75) is 32.4 Å². The Labute approximate surface area is 123 Å². The number of amides is 1. The molecule has 0 spiro atoms. The highest BCUT2D eigenvalue weighted by atomic mass is 32.2. The van der Waals surface area contributed by atoms with E-state index in [1.54, 1.807) is 24.3 Å². The number of carbonyl (C=O) groups excluding carboxylic acids is 1. The van der Waals surface area contributed by atoms with Crippen LogP contribution in [-0.2, 0) is 10.8 Å². The quantitative estimate of drug-likeness (QED) is 0.877. The molecule has 0 aliphatic heterocycles. The van der Waals surface area contributed by atoms with Crippen LogP contribution < -0.4 is 10.1 Å². The highest BCUT2D eigenvalue weighted by Gasteiger charge is 2.18. The van der Waals surface area contributed by atoms with Gasteiger partial charge in [-0.1, -0.05) is 0 Å². The molecule has 0 fully saturated rings. The molecular weight excluding hydrogens is 274 g/mol. The fraction of sp³-hybridized carbons (Fsp3) is 0.533. The lowest BCUT2D eigenvalue weighted by Crippen LogP contribution is -2.32. The van der Waals surface area contributed by atoms with Gasteiger partial charge in [0.1, 0.15) is 5.75 Å². The highest BCUT2D eigenvalue weighted by Crippen LogP contribution is 2.12. The molecule has 0 aliphatic rings. The Kier molecular flexibility index (Phi) is 6.20. The zero-order valence-corrected chi connectivity index (χ0v) is 13.4. The molecule has 1 aromatic carbocycles. The minimum absolute atomic E-state index is 0.154. The van der Waals surface area contributed by atoms with E-state index in [4.69, 9.17) is 4.74 Å². The highest BCUT2D eigenvalue weighted by molar-refractivity contribution is 7.86. The molecule has 20 heavy (non-hydrogen) atoms. The first kappa shape index (κ1) is 16.7. The number of hydrogen-bond acceptors (Lipinski definition) is 3. The smallest absolute Gasteiger partial charge is 0.251 e. The zero-order valence-electron chi connectivity index (χ0n) is 12.6. The van der Waals surface area contributed by atoms with Crippen LogP contribution in [0.1, 0.15) is 38.1 Å². The summed E-state index contributed by atoms with van der Waals surface area (Å²) < 4.78 is 16.9. The summed E-state index contributed by atoms with van der Waals surface area (Å²) in [5, 5.41) is 2.78. The molecule has 1 aromatic rings. The first-order chi connectivity index (χ1) is 9.34. The van der Waals surface area contributed by atoms with Crippen LogP contribution in [0.25, 0.3) is 0 Å². The zero-order chi connectivity index (χ0) is 15.2. The third-order valence-electron chi connectivity index (χ3n) is 2.68. The monoisotopic (exact) mass is 297 g/mol. The molecule has 0 bridgehead atoms. The number of hydrogen-bond donors (Lipinski definition) is 1.